The van der Waals surface area contributed by atoms with Crippen molar-refractivity contribution in [3.8, 4) is 0 Å². The standard InChI is InChI=1S/C20H21N3O3/c1-15-19(25)22(20(26)23(15)17-11-7-4-8-12-17)14-18(24)21(2)13-16-9-5-3-6-10-16/h3-12,15H,13-14H2,1-2H3. The summed E-state index contributed by atoms with van der Waals surface area (Å²) in [4.78, 5) is 41.7. The van der Waals surface area contributed by atoms with Gasteiger partial charge in [0.15, 0.2) is 0 Å². The number of para-hydroxylation sites is 1. The highest BCUT2D eigenvalue weighted by Gasteiger charge is 2.44. The Balaban J connectivity index is 1.70. The third-order valence-corrected chi connectivity index (χ3v) is 4.46. The van der Waals surface area contributed by atoms with Crippen LogP contribution in [0.25, 0.3) is 0 Å². The Hall–Kier alpha value is -3.15. The zero-order valence-electron chi connectivity index (χ0n) is 14.8. The summed E-state index contributed by atoms with van der Waals surface area (Å²) in [5.41, 5.74) is 1.63. The molecule has 0 aromatic heterocycles. The number of amides is 4. The molecule has 0 bridgehead atoms. The van der Waals surface area contributed by atoms with Crippen LogP contribution in [0, 0.1) is 0 Å². The van der Waals surface area contributed by atoms with Crippen molar-refractivity contribution in [2.75, 3.05) is 18.5 Å². The Kier molecular flexibility index (Phi) is 5.02. The summed E-state index contributed by atoms with van der Waals surface area (Å²) in [7, 11) is 1.67. The van der Waals surface area contributed by atoms with Gasteiger partial charge in [0.05, 0.1) is 0 Å². The largest absolute Gasteiger partial charge is 0.340 e. The quantitative estimate of drug-likeness (QED) is 0.778. The minimum atomic E-state index is -0.628. The second-order valence-electron chi connectivity index (χ2n) is 6.32. The van der Waals surface area contributed by atoms with Crippen molar-refractivity contribution in [2.45, 2.75) is 19.5 Å². The summed E-state index contributed by atoms with van der Waals surface area (Å²) in [6.45, 7) is 1.84. The summed E-state index contributed by atoms with van der Waals surface area (Å²) in [6, 6.07) is 17.5. The molecule has 0 saturated carbocycles. The smallest absolute Gasteiger partial charge is 0.332 e. The lowest BCUT2D eigenvalue weighted by atomic mass is 10.2. The van der Waals surface area contributed by atoms with Gasteiger partial charge >= 0.3 is 6.03 Å². The van der Waals surface area contributed by atoms with E-state index in [1.807, 2.05) is 36.4 Å². The Morgan fingerprint density at radius 2 is 1.58 bits per heavy atom. The summed E-state index contributed by atoms with van der Waals surface area (Å²) >= 11 is 0. The average molecular weight is 351 g/mol. The number of urea groups is 1. The van der Waals surface area contributed by atoms with Gasteiger partial charge in [-0.2, -0.15) is 0 Å². The first-order valence-corrected chi connectivity index (χ1v) is 8.46. The van der Waals surface area contributed by atoms with E-state index in [0.717, 1.165) is 10.5 Å². The fourth-order valence-corrected chi connectivity index (χ4v) is 3.00. The number of benzene rings is 2. The number of carbonyl (C=O) groups excluding carboxylic acids is 3. The Morgan fingerprint density at radius 1 is 1.00 bits per heavy atom. The highest BCUT2D eigenvalue weighted by atomic mass is 16.2. The lowest BCUT2D eigenvalue weighted by Crippen LogP contribution is -2.42. The number of rotatable bonds is 5. The topological polar surface area (TPSA) is 60.9 Å². The summed E-state index contributed by atoms with van der Waals surface area (Å²) < 4.78 is 0. The number of nitrogens with zero attached hydrogens (tertiary/aromatic N) is 3. The van der Waals surface area contributed by atoms with Gasteiger partial charge in [0.2, 0.25) is 5.91 Å². The van der Waals surface area contributed by atoms with E-state index in [0.29, 0.717) is 12.2 Å². The molecule has 6 nitrogen and oxygen atoms in total. The summed E-state index contributed by atoms with van der Waals surface area (Å²) in [6.07, 6.45) is 0. The molecule has 1 aliphatic rings. The summed E-state index contributed by atoms with van der Waals surface area (Å²) in [5, 5.41) is 0. The number of carbonyl (C=O) groups is 3. The van der Waals surface area contributed by atoms with Crippen LogP contribution in [0.4, 0.5) is 10.5 Å². The Morgan fingerprint density at radius 3 is 2.19 bits per heavy atom. The molecule has 1 atom stereocenters. The number of hydrogen-bond acceptors (Lipinski definition) is 3. The molecular weight excluding hydrogens is 330 g/mol. The zero-order valence-corrected chi connectivity index (χ0v) is 14.8. The van der Waals surface area contributed by atoms with Crippen LogP contribution in [0.1, 0.15) is 12.5 Å². The lowest BCUT2D eigenvalue weighted by molar-refractivity contribution is -0.136. The first-order chi connectivity index (χ1) is 12.5. The van der Waals surface area contributed by atoms with Crippen LogP contribution in [0.3, 0.4) is 0 Å². The first-order valence-electron chi connectivity index (χ1n) is 8.46. The monoisotopic (exact) mass is 351 g/mol. The van der Waals surface area contributed by atoms with Gasteiger partial charge in [0.1, 0.15) is 12.6 Å². The van der Waals surface area contributed by atoms with Crippen LogP contribution in [0.15, 0.2) is 60.7 Å². The maximum atomic E-state index is 12.7. The van der Waals surface area contributed by atoms with Gasteiger partial charge in [-0.1, -0.05) is 48.5 Å². The van der Waals surface area contributed by atoms with Gasteiger partial charge in [-0.3, -0.25) is 19.4 Å². The normalized spacial score (nSPS) is 16.9. The van der Waals surface area contributed by atoms with Gasteiger partial charge < -0.3 is 4.90 Å². The molecule has 1 heterocycles. The fourth-order valence-electron chi connectivity index (χ4n) is 3.00. The van der Waals surface area contributed by atoms with E-state index in [9.17, 15) is 14.4 Å². The summed E-state index contributed by atoms with van der Waals surface area (Å²) in [5.74, 6) is -0.641. The molecule has 2 aromatic rings. The van der Waals surface area contributed by atoms with Gasteiger partial charge in [-0.25, -0.2) is 4.79 Å². The van der Waals surface area contributed by atoms with Crippen molar-refractivity contribution in [1.29, 1.82) is 0 Å². The molecule has 1 saturated heterocycles. The SMILES string of the molecule is CC1C(=O)N(CC(=O)N(C)Cc2ccccc2)C(=O)N1c1ccccc1. The first kappa shape index (κ1) is 17.7. The van der Waals surface area contributed by atoms with Crippen LogP contribution in [-0.4, -0.2) is 47.3 Å². The number of anilines is 1. The van der Waals surface area contributed by atoms with Crippen molar-refractivity contribution in [1.82, 2.24) is 9.80 Å². The number of hydrogen-bond donors (Lipinski definition) is 0. The second kappa shape index (κ2) is 7.39. The van der Waals surface area contributed by atoms with Crippen LogP contribution in [0.5, 0.6) is 0 Å². The van der Waals surface area contributed by atoms with Crippen LogP contribution in [-0.2, 0) is 16.1 Å². The molecular formula is C20H21N3O3. The molecule has 1 fully saturated rings. The molecule has 1 unspecified atom stereocenters. The molecule has 4 amide bonds. The molecule has 0 N–H and O–H groups in total. The van der Waals surface area contributed by atoms with Gasteiger partial charge in [-0.15, -0.1) is 0 Å². The highest BCUT2D eigenvalue weighted by Crippen LogP contribution is 2.25. The maximum Gasteiger partial charge on any atom is 0.332 e. The highest BCUT2D eigenvalue weighted by molar-refractivity contribution is 6.15. The van der Waals surface area contributed by atoms with Crippen LogP contribution in [0.2, 0.25) is 0 Å². The van der Waals surface area contributed by atoms with Crippen molar-refractivity contribution in [3.63, 3.8) is 0 Å². The Labute approximate surface area is 152 Å². The number of imide groups is 1. The van der Waals surface area contributed by atoms with Gasteiger partial charge in [-0.05, 0) is 24.6 Å². The van der Waals surface area contributed by atoms with E-state index in [2.05, 4.69) is 0 Å². The third-order valence-electron chi connectivity index (χ3n) is 4.46. The van der Waals surface area contributed by atoms with E-state index < -0.39 is 12.1 Å². The van der Waals surface area contributed by atoms with Crippen molar-refractivity contribution in [3.05, 3.63) is 66.2 Å². The number of likely N-dealkylation sites (N-methyl/N-ethyl adjacent to an activating group) is 1. The van der Waals surface area contributed by atoms with Crippen molar-refractivity contribution < 1.29 is 14.4 Å². The van der Waals surface area contributed by atoms with Gasteiger partial charge in [0.25, 0.3) is 5.91 Å². The molecule has 2 aromatic carbocycles. The van der Waals surface area contributed by atoms with Crippen LogP contribution < -0.4 is 4.90 Å². The average Bonchev–Trinajstić information content (AvgIpc) is 2.86. The Bertz CT molecular complexity index is 808. The molecule has 1 aliphatic heterocycles. The van der Waals surface area contributed by atoms with Crippen LogP contribution >= 0.6 is 0 Å². The predicted molar refractivity (Wildman–Crippen MR) is 98.4 cm³/mol. The molecule has 6 heteroatoms. The third kappa shape index (κ3) is 3.44. The van der Waals surface area contributed by atoms with Crippen molar-refractivity contribution >= 4 is 23.5 Å². The molecule has 0 radical (unpaired) electrons. The molecule has 3 rings (SSSR count). The second-order valence-corrected chi connectivity index (χ2v) is 6.32. The fraction of sp³-hybridized carbons (Fsp3) is 0.250. The molecule has 134 valence electrons. The van der Waals surface area contributed by atoms with E-state index in [1.54, 1.807) is 38.2 Å². The zero-order chi connectivity index (χ0) is 18.7. The minimum absolute atomic E-state index is 0.255. The molecule has 0 spiro atoms. The maximum absolute atomic E-state index is 12.7. The van der Waals surface area contributed by atoms with E-state index in [4.69, 9.17) is 0 Å². The molecule has 0 aliphatic carbocycles. The minimum Gasteiger partial charge on any atom is -0.340 e. The predicted octanol–water partition coefficient (Wildman–Crippen LogP) is 2.50. The van der Waals surface area contributed by atoms with Crippen molar-refractivity contribution in [2.24, 2.45) is 0 Å². The molecule has 26 heavy (non-hydrogen) atoms. The van der Waals surface area contributed by atoms with Gasteiger partial charge in [0, 0.05) is 19.3 Å². The van der Waals surface area contributed by atoms with E-state index in [-0.39, 0.29) is 18.4 Å². The van der Waals surface area contributed by atoms with E-state index in [1.165, 1.54) is 9.80 Å². The lowest BCUT2D eigenvalue weighted by Gasteiger charge is -2.21. The van der Waals surface area contributed by atoms with E-state index >= 15 is 0 Å².